The van der Waals surface area contributed by atoms with Crippen LogP contribution < -0.4 is 32.3 Å². The van der Waals surface area contributed by atoms with Crippen LogP contribution in [0, 0.1) is 0 Å². The second-order valence-corrected chi connectivity index (χ2v) is 11.4. The molecule has 17 heteroatoms. The van der Waals surface area contributed by atoms with Crippen LogP contribution in [0.4, 0.5) is 10.5 Å². The van der Waals surface area contributed by atoms with Gasteiger partial charge in [-0.3, -0.25) is 24.0 Å². The number of carbonyl (C=O) groups is 6. The van der Waals surface area contributed by atoms with Gasteiger partial charge in [-0.25, -0.2) is 4.79 Å². The van der Waals surface area contributed by atoms with Crippen molar-refractivity contribution in [2.75, 3.05) is 25.5 Å². The molecule has 270 valence electrons. The first-order chi connectivity index (χ1) is 24.5. The number of fused-ring (bicyclic) bond motifs is 1. The summed E-state index contributed by atoms with van der Waals surface area (Å²) in [6.07, 6.45) is -0.167. The molecule has 0 bridgehead atoms. The van der Waals surface area contributed by atoms with E-state index in [2.05, 4.69) is 41.3 Å². The minimum atomic E-state index is -1.32. The lowest BCUT2D eigenvalue weighted by molar-refractivity contribution is -0.141. The largest absolute Gasteiger partial charge is 0.469 e. The Labute approximate surface area is 293 Å². The lowest BCUT2D eigenvalue weighted by atomic mass is 9.97. The van der Waals surface area contributed by atoms with Gasteiger partial charge < -0.3 is 42.2 Å². The third kappa shape index (κ3) is 13.0. The van der Waals surface area contributed by atoms with Crippen molar-refractivity contribution in [1.29, 1.82) is 0 Å². The molecule has 0 aromatic heterocycles. The number of nitrogens with one attached hydrogen (secondary N) is 5. The van der Waals surface area contributed by atoms with E-state index in [4.69, 9.17) is 11.3 Å². The van der Waals surface area contributed by atoms with Gasteiger partial charge in [0.25, 0.3) is 0 Å². The number of anilines is 1. The first-order valence-electron chi connectivity index (χ1n) is 16.0. The molecule has 17 nitrogen and oxygen atoms in total. The van der Waals surface area contributed by atoms with Crippen molar-refractivity contribution in [2.24, 2.45) is 10.8 Å². The summed E-state index contributed by atoms with van der Waals surface area (Å²) >= 11 is 0. The van der Waals surface area contributed by atoms with Crippen LogP contribution >= 0.6 is 0 Å². The second-order valence-electron chi connectivity index (χ2n) is 11.4. The topological polar surface area (TPSA) is 267 Å². The van der Waals surface area contributed by atoms with E-state index in [-0.39, 0.29) is 45.3 Å². The number of esters is 1. The summed E-state index contributed by atoms with van der Waals surface area (Å²) in [7, 11) is 1.17. The third-order valence-electron chi connectivity index (χ3n) is 7.74. The SMILES string of the molecule is COC(=O)CC[C@H](NC(=O)CN=[N+]=[N-])C(=O)N[C@@H](Cc1cccc2ccccc12)C(=O)N[C@@H](CCCNC(N)=O)C(=O)Nc1ccc(CO)cc1. The Bertz CT molecular complexity index is 1740. The summed E-state index contributed by atoms with van der Waals surface area (Å²) in [6, 6.07) is 14.8. The Morgan fingerprint density at radius 3 is 2.22 bits per heavy atom. The van der Waals surface area contributed by atoms with Crippen molar-refractivity contribution in [2.45, 2.75) is 56.8 Å². The molecule has 0 radical (unpaired) electrons. The molecule has 8 N–H and O–H groups in total. The number of aliphatic hydroxyl groups is 1. The maximum Gasteiger partial charge on any atom is 0.312 e. The van der Waals surface area contributed by atoms with Gasteiger partial charge in [-0.2, -0.15) is 0 Å². The Morgan fingerprint density at radius 2 is 1.53 bits per heavy atom. The van der Waals surface area contributed by atoms with E-state index in [1.807, 2.05) is 30.3 Å². The quantitative estimate of drug-likeness (QED) is 0.0317. The lowest BCUT2D eigenvalue weighted by Gasteiger charge is -2.26. The standard InChI is InChI=1S/C34H41N9O8/c1-51-30(46)16-15-27(40-29(45)19-38-43-36)32(48)42-28(18-23-8-4-7-22-6-2-3-9-25(22)23)33(49)41-26(10-5-17-37-34(35)50)31(47)39-24-13-11-21(20-44)12-14-24/h2-4,6-9,11-14,26-28,44H,5,10,15-20H2,1H3,(H,39,47)(H,40,45)(H,41,49)(H,42,48)(H3,35,37,50)/t26-,27-,28-/m0/s1. The highest BCUT2D eigenvalue weighted by Gasteiger charge is 2.30. The van der Waals surface area contributed by atoms with E-state index >= 15 is 0 Å². The molecule has 0 saturated carbocycles. The van der Waals surface area contributed by atoms with Crippen LogP contribution in [-0.2, 0) is 41.7 Å². The van der Waals surface area contributed by atoms with Crippen LogP contribution in [0.1, 0.15) is 36.8 Å². The molecule has 0 fully saturated rings. The van der Waals surface area contributed by atoms with E-state index in [0.29, 0.717) is 16.8 Å². The molecular formula is C34H41N9O8. The Hall–Kier alpha value is -6.19. The Kier molecular flexibility index (Phi) is 15.7. The third-order valence-corrected chi connectivity index (χ3v) is 7.74. The van der Waals surface area contributed by atoms with Crippen LogP contribution in [0.15, 0.2) is 71.8 Å². The zero-order valence-corrected chi connectivity index (χ0v) is 28.0. The smallest absolute Gasteiger partial charge is 0.312 e. The van der Waals surface area contributed by atoms with Gasteiger partial charge >= 0.3 is 12.0 Å². The van der Waals surface area contributed by atoms with Gasteiger partial charge in [-0.1, -0.05) is 59.7 Å². The number of benzene rings is 3. The molecule has 3 atom stereocenters. The van der Waals surface area contributed by atoms with Gasteiger partial charge in [-0.05, 0) is 58.8 Å². The van der Waals surface area contributed by atoms with Gasteiger partial charge in [0, 0.05) is 30.0 Å². The lowest BCUT2D eigenvalue weighted by Crippen LogP contribution is -2.57. The highest BCUT2D eigenvalue weighted by molar-refractivity contribution is 5.99. The Morgan fingerprint density at radius 1 is 0.863 bits per heavy atom. The number of carbonyl (C=O) groups excluding carboxylic acids is 6. The number of azide groups is 1. The molecule has 0 heterocycles. The number of amides is 6. The van der Waals surface area contributed by atoms with Crippen molar-refractivity contribution < 1.29 is 38.6 Å². The molecule has 0 saturated heterocycles. The molecule has 3 aromatic carbocycles. The first kappa shape index (κ1) is 39.3. The van der Waals surface area contributed by atoms with Gasteiger partial charge in [0.05, 0.1) is 13.7 Å². The van der Waals surface area contributed by atoms with Crippen molar-refractivity contribution in [1.82, 2.24) is 21.3 Å². The van der Waals surface area contributed by atoms with Gasteiger partial charge in [-0.15, -0.1) is 0 Å². The summed E-state index contributed by atoms with van der Waals surface area (Å²) < 4.78 is 4.67. The molecule has 6 amide bonds. The van der Waals surface area contributed by atoms with E-state index < -0.39 is 60.3 Å². The van der Waals surface area contributed by atoms with E-state index in [1.165, 1.54) is 7.11 Å². The number of nitrogens with zero attached hydrogens (tertiary/aromatic N) is 3. The van der Waals surface area contributed by atoms with E-state index in [1.54, 1.807) is 36.4 Å². The fraction of sp³-hybridized carbons (Fsp3) is 0.353. The Balaban J connectivity index is 1.93. The van der Waals surface area contributed by atoms with Crippen molar-refractivity contribution in [3.8, 4) is 0 Å². The highest BCUT2D eigenvalue weighted by atomic mass is 16.5. The minimum absolute atomic E-state index is 0.0322. The summed E-state index contributed by atoms with van der Waals surface area (Å²) in [5.74, 6) is -3.57. The predicted octanol–water partition coefficient (Wildman–Crippen LogP) is 1.68. The summed E-state index contributed by atoms with van der Waals surface area (Å²) in [5.41, 5.74) is 15.5. The number of primary amides is 1. The van der Waals surface area contributed by atoms with Crippen molar-refractivity contribution >= 4 is 52.1 Å². The fourth-order valence-corrected chi connectivity index (χ4v) is 5.12. The maximum absolute atomic E-state index is 14.1. The molecule has 3 rings (SSSR count). The number of hydrogen-bond donors (Lipinski definition) is 7. The molecule has 0 unspecified atom stereocenters. The number of ether oxygens (including phenoxy) is 1. The molecule has 0 spiro atoms. The molecule has 3 aromatic rings. The number of hydrogen-bond acceptors (Lipinski definition) is 9. The minimum Gasteiger partial charge on any atom is -0.469 e. The molecule has 51 heavy (non-hydrogen) atoms. The average Bonchev–Trinajstić information content (AvgIpc) is 3.13. The van der Waals surface area contributed by atoms with Gasteiger partial charge in [0.15, 0.2) is 0 Å². The highest BCUT2D eigenvalue weighted by Crippen LogP contribution is 2.20. The molecular weight excluding hydrogens is 662 g/mol. The summed E-state index contributed by atoms with van der Waals surface area (Å²) in [6.45, 7) is -0.680. The van der Waals surface area contributed by atoms with Crippen LogP contribution in [0.3, 0.4) is 0 Å². The zero-order valence-electron chi connectivity index (χ0n) is 28.0. The number of nitrogens with two attached hydrogens (primary N) is 1. The normalized spacial score (nSPS) is 12.3. The molecule has 0 aliphatic carbocycles. The monoisotopic (exact) mass is 703 g/mol. The molecule has 0 aliphatic rings. The number of urea groups is 1. The fourth-order valence-electron chi connectivity index (χ4n) is 5.12. The van der Waals surface area contributed by atoms with Crippen LogP contribution in [0.2, 0.25) is 0 Å². The van der Waals surface area contributed by atoms with E-state index in [9.17, 15) is 33.9 Å². The second kappa shape index (κ2) is 20.4. The van der Waals surface area contributed by atoms with Gasteiger partial charge in [0.1, 0.15) is 24.7 Å². The van der Waals surface area contributed by atoms with E-state index in [0.717, 1.165) is 10.8 Å². The number of rotatable bonds is 19. The van der Waals surface area contributed by atoms with Crippen LogP contribution in [0.5, 0.6) is 0 Å². The predicted molar refractivity (Wildman–Crippen MR) is 187 cm³/mol. The summed E-state index contributed by atoms with van der Waals surface area (Å²) in [5, 5.41) is 27.2. The number of aliphatic hydroxyl groups excluding tert-OH is 1. The molecule has 0 aliphatic heterocycles. The summed E-state index contributed by atoms with van der Waals surface area (Å²) in [4.78, 5) is 79.4. The average molecular weight is 704 g/mol. The van der Waals surface area contributed by atoms with Crippen LogP contribution in [-0.4, -0.2) is 79.1 Å². The van der Waals surface area contributed by atoms with Crippen molar-refractivity contribution in [3.05, 3.63) is 88.3 Å². The van der Waals surface area contributed by atoms with Crippen molar-refractivity contribution in [3.63, 3.8) is 0 Å². The van der Waals surface area contributed by atoms with Gasteiger partial charge in [0.2, 0.25) is 23.6 Å². The maximum atomic E-state index is 14.1. The van der Waals surface area contributed by atoms with Crippen LogP contribution in [0.25, 0.3) is 21.2 Å². The first-order valence-corrected chi connectivity index (χ1v) is 16.0. The zero-order chi connectivity index (χ0) is 37.2. The number of methoxy groups -OCH3 is 1.